The maximum Gasteiger partial charge on any atom is 0.253 e. The lowest BCUT2D eigenvalue weighted by atomic mass is 10.1. The van der Waals surface area contributed by atoms with Crippen molar-refractivity contribution in [2.45, 2.75) is 32.8 Å². The zero-order chi connectivity index (χ0) is 13.8. The van der Waals surface area contributed by atoms with Crippen LogP contribution in [0.3, 0.4) is 0 Å². The van der Waals surface area contributed by atoms with Gasteiger partial charge in [-0.05, 0) is 44.4 Å². The van der Waals surface area contributed by atoms with Crippen molar-refractivity contribution in [3.63, 3.8) is 0 Å². The van der Waals surface area contributed by atoms with Crippen LogP contribution in [0.15, 0.2) is 22.7 Å². The maximum atomic E-state index is 12.5. The van der Waals surface area contributed by atoms with Crippen LogP contribution in [0, 0.1) is 6.92 Å². The molecular formula is C15H20BrNO2. The molecule has 2 rings (SSSR count). The predicted molar refractivity (Wildman–Crippen MR) is 79.4 cm³/mol. The Morgan fingerprint density at radius 1 is 1.53 bits per heavy atom. The molecule has 0 N–H and O–H groups in total. The Morgan fingerprint density at radius 2 is 2.32 bits per heavy atom. The first-order valence-electron chi connectivity index (χ1n) is 6.79. The first kappa shape index (κ1) is 14.5. The molecule has 1 aromatic rings. The average molecular weight is 326 g/mol. The molecule has 0 aliphatic carbocycles. The van der Waals surface area contributed by atoms with E-state index < -0.39 is 0 Å². The van der Waals surface area contributed by atoms with Gasteiger partial charge >= 0.3 is 0 Å². The lowest BCUT2D eigenvalue weighted by Gasteiger charge is -2.24. The molecule has 1 fully saturated rings. The molecule has 1 amide bonds. The zero-order valence-corrected chi connectivity index (χ0v) is 13.1. The summed E-state index contributed by atoms with van der Waals surface area (Å²) in [5.74, 6) is 0.0821. The van der Waals surface area contributed by atoms with E-state index in [0.717, 1.165) is 35.0 Å². The Morgan fingerprint density at radius 3 is 2.89 bits per heavy atom. The van der Waals surface area contributed by atoms with Crippen LogP contribution in [0.25, 0.3) is 0 Å². The van der Waals surface area contributed by atoms with Crippen LogP contribution in [-0.4, -0.2) is 36.6 Å². The summed E-state index contributed by atoms with van der Waals surface area (Å²) < 4.78 is 6.59. The Balaban J connectivity index is 2.08. The van der Waals surface area contributed by atoms with Gasteiger partial charge in [-0.3, -0.25) is 4.79 Å². The van der Waals surface area contributed by atoms with E-state index in [0.29, 0.717) is 13.1 Å². The largest absolute Gasteiger partial charge is 0.376 e. The summed E-state index contributed by atoms with van der Waals surface area (Å²) in [6, 6.07) is 5.76. The van der Waals surface area contributed by atoms with Crippen LogP contribution >= 0.6 is 15.9 Å². The summed E-state index contributed by atoms with van der Waals surface area (Å²) in [6.07, 6.45) is 2.37. The van der Waals surface area contributed by atoms with Crippen molar-refractivity contribution >= 4 is 21.8 Å². The van der Waals surface area contributed by atoms with Crippen LogP contribution in [0.4, 0.5) is 0 Å². The van der Waals surface area contributed by atoms with Gasteiger partial charge in [-0.15, -0.1) is 0 Å². The summed E-state index contributed by atoms with van der Waals surface area (Å²) in [7, 11) is 0. The van der Waals surface area contributed by atoms with E-state index in [2.05, 4.69) is 15.9 Å². The number of carbonyl (C=O) groups excluding carboxylic acids is 1. The van der Waals surface area contributed by atoms with E-state index in [-0.39, 0.29) is 12.0 Å². The van der Waals surface area contributed by atoms with E-state index in [9.17, 15) is 4.79 Å². The Bertz CT molecular complexity index is 455. The van der Waals surface area contributed by atoms with Crippen LogP contribution in [0.5, 0.6) is 0 Å². The minimum absolute atomic E-state index is 0.0821. The van der Waals surface area contributed by atoms with Gasteiger partial charge in [0, 0.05) is 29.7 Å². The fourth-order valence-electron chi connectivity index (χ4n) is 2.30. The molecule has 4 heteroatoms. The topological polar surface area (TPSA) is 29.5 Å². The number of likely N-dealkylation sites (N-methyl/N-ethyl adjacent to an activating group) is 1. The van der Waals surface area contributed by atoms with Crippen LogP contribution in [0.1, 0.15) is 35.7 Å². The lowest BCUT2D eigenvalue weighted by molar-refractivity contribution is 0.0539. The van der Waals surface area contributed by atoms with Crippen molar-refractivity contribution in [1.82, 2.24) is 4.90 Å². The first-order chi connectivity index (χ1) is 9.11. The fraction of sp³-hybridized carbons (Fsp3) is 0.533. The molecule has 1 aromatic carbocycles. The van der Waals surface area contributed by atoms with E-state index in [1.54, 1.807) is 0 Å². The van der Waals surface area contributed by atoms with Crippen LogP contribution in [-0.2, 0) is 4.74 Å². The molecule has 1 atom stereocenters. The zero-order valence-electron chi connectivity index (χ0n) is 11.5. The third kappa shape index (κ3) is 3.57. The molecule has 1 heterocycles. The van der Waals surface area contributed by atoms with E-state index >= 15 is 0 Å². The van der Waals surface area contributed by atoms with Crippen molar-refractivity contribution in [2.75, 3.05) is 19.7 Å². The standard InChI is InChI=1S/C15H20BrNO2/c1-3-17(10-13-5-4-8-19-13)15(18)12-7-6-11(2)14(16)9-12/h6-7,9,13H,3-5,8,10H2,1-2H3. The first-order valence-corrected chi connectivity index (χ1v) is 7.58. The lowest BCUT2D eigenvalue weighted by Crippen LogP contribution is -2.37. The van der Waals surface area contributed by atoms with Crippen molar-refractivity contribution < 1.29 is 9.53 Å². The average Bonchev–Trinajstić information content (AvgIpc) is 2.91. The smallest absolute Gasteiger partial charge is 0.253 e. The van der Waals surface area contributed by atoms with E-state index in [1.807, 2.05) is 36.9 Å². The number of halogens is 1. The molecule has 0 aromatic heterocycles. The summed E-state index contributed by atoms with van der Waals surface area (Å²) >= 11 is 3.48. The van der Waals surface area contributed by atoms with Gasteiger partial charge in [-0.2, -0.15) is 0 Å². The highest BCUT2D eigenvalue weighted by molar-refractivity contribution is 9.10. The van der Waals surface area contributed by atoms with Gasteiger partial charge in [0.05, 0.1) is 6.10 Å². The van der Waals surface area contributed by atoms with Gasteiger partial charge in [0.15, 0.2) is 0 Å². The number of hydrogen-bond donors (Lipinski definition) is 0. The molecular weight excluding hydrogens is 306 g/mol. The maximum absolute atomic E-state index is 12.5. The number of amides is 1. The van der Waals surface area contributed by atoms with Gasteiger partial charge < -0.3 is 9.64 Å². The number of aryl methyl sites for hydroxylation is 1. The second-order valence-corrected chi connectivity index (χ2v) is 5.80. The minimum atomic E-state index is 0.0821. The van der Waals surface area contributed by atoms with Crippen molar-refractivity contribution in [2.24, 2.45) is 0 Å². The summed E-state index contributed by atoms with van der Waals surface area (Å²) in [5, 5.41) is 0. The molecule has 0 spiro atoms. The second kappa shape index (κ2) is 6.53. The molecule has 19 heavy (non-hydrogen) atoms. The summed E-state index contributed by atoms with van der Waals surface area (Å²) in [5.41, 5.74) is 1.87. The molecule has 1 aliphatic heterocycles. The predicted octanol–water partition coefficient (Wildman–Crippen LogP) is 3.40. The van der Waals surface area contributed by atoms with Crippen molar-refractivity contribution in [3.05, 3.63) is 33.8 Å². The Hall–Kier alpha value is -0.870. The molecule has 1 aliphatic rings. The van der Waals surface area contributed by atoms with Crippen LogP contribution < -0.4 is 0 Å². The highest BCUT2D eigenvalue weighted by Crippen LogP contribution is 2.20. The number of carbonyl (C=O) groups is 1. The van der Waals surface area contributed by atoms with E-state index in [4.69, 9.17) is 4.74 Å². The highest BCUT2D eigenvalue weighted by atomic mass is 79.9. The molecule has 0 radical (unpaired) electrons. The Labute approximate surface area is 123 Å². The third-order valence-corrected chi connectivity index (χ3v) is 4.39. The number of benzene rings is 1. The Kier molecular flexibility index (Phi) is 4.99. The van der Waals surface area contributed by atoms with Gasteiger partial charge in [0.25, 0.3) is 5.91 Å². The van der Waals surface area contributed by atoms with Gasteiger partial charge in [0.1, 0.15) is 0 Å². The SMILES string of the molecule is CCN(CC1CCCO1)C(=O)c1ccc(C)c(Br)c1. The quantitative estimate of drug-likeness (QED) is 0.849. The number of rotatable bonds is 4. The van der Waals surface area contributed by atoms with Gasteiger partial charge in [-0.1, -0.05) is 22.0 Å². The molecule has 104 valence electrons. The number of ether oxygens (including phenoxy) is 1. The monoisotopic (exact) mass is 325 g/mol. The fourth-order valence-corrected chi connectivity index (χ4v) is 2.68. The van der Waals surface area contributed by atoms with Crippen molar-refractivity contribution in [3.8, 4) is 0 Å². The normalized spacial score (nSPS) is 18.6. The molecule has 0 saturated carbocycles. The summed E-state index contributed by atoms with van der Waals surface area (Å²) in [6.45, 7) is 6.26. The molecule has 1 saturated heterocycles. The number of hydrogen-bond acceptors (Lipinski definition) is 2. The van der Waals surface area contributed by atoms with Crippen molar-refractivity contribution in [1.29, 1.82) is 0 Å². The van der Waals surface area contributed by atoms with Crippen LogP contribution in [0.2, 0.25) is 0 Å². The number of nitrogens with zero attached hydrogens (tertiary/aromatic N) is 1. The minimum Gasteiger partial charge on any atom is -0.376 e. The van der Waals surface area contributed by atoms with E-state index in [1.165, 1.54) is 0 Å². The second-order valence-electron chi connectivity index (χ2n) is 4.94. The highest BCUT2D eigenvalue weighted by Gasteiger charge is 2.22. The molecule has 0 bridgehead atoms. The third-order valence-electron chi connectivity index (χ3n) is 3.54. The molecule has 3 nitrogen and oxygen atoms in total. The summed E-state index contributed by atoms with van der Waals surface area (Å²) in [4.78, 5) is 14.3. The van der Waals surface area contributed by atoms with Gasteiger partial charge in [0.2, 0.25) is 0 Å². The molecule has 1 unspecified atom stereocenters. The van der Waals surface area contributed by atoms with Gasteiger partial charge in [-0.25, -0.2) is 0 Å².